The molecule has 0 amide bonds. The van der Waals surface area contributed by atoms with Crippen molar-refractivity contribution in [2.24, 2.45) is 11.7 Å². The second-order valence-corrected chi connectivity index (χ2v) is 5.16. The molecule has 2 unspecified atom stereocenters. The van der Waals surface area contributed by atoms with Crippen molar-refractivity contribution in [1.82, 2.24) is 10.1 Å². The van der Waals surface area contributed by atoms with Crippen molar-refractivity contribution in [3.8, 4) is 0 Å². The molecule has 2 atom stereocenters. The van der Waals surface area contributed by atoms with Crippen molar-refractivity contribution >= 4 is 0 Å². The topological polar surface area (TPSA) is 64.9 Å². The summed E-state index contributed by atoms with van der Waals surface area (Å²) in [5.74, 6) is 0.210. The van der Waals surface area contributed by atoms with Crippen LogP contribution < -0.4 is 5.73 Å². The normalized spacial score (nSPS) is 29.5. The van der Waals surface area contributed by atoms with Gasteiger partial charge in [0.05, 0.1) is 5.54 Å². The number of nitrogens with zero attached hydrogens (tertiary/aromatic N) is 2. The largest absolute Gasteiger partial charge is 0.397 e. The molecule has 0 saturated heterocycles. The predicted octanol–water partition coefficient (Wildman–Crippen LogP) is 2.54. The van der Waals surface area contributed by atoms with Crippen LogP contribution in [0.4, 0.5) is 13.2 Å². The van der Waals surface area contributed by atoms with Gasteiger partial charge in [0, 0.05) is 0 Å². The van der Waals surface area contributed by atoms with Crippen molar-refractivity contribution in [2.45, 2.75) is 50.7 Å². The van der Waals surface area contributed by atoms with Gasteiger partial charge in [-0.05, 0) is 18.8 Å². The van der Waals surface area contributed by atoms with Crippen molar-refractivity contribution in [3.05, 3.63) is 11.7 Å². The summed E-state index contributed by atoms with van der Waals surface area (Å²) >= 11 is 0. The van der Waals surface area contributed by atoms with Crippen LogP contribution in [0.2, 0.25) is 0 Å². The molecule has 0 bridgehead atoms. The molecular weight excluding hydrogens is 247 g/mol. The Bertz CT molecular complexity index is 418. The Kier molecular flexibility index (Phi) is 3.35. The zero-order valence-corrected chi connectivity index (χ0v) is 10.1. The van der Waals surface area contributed by atoms with E-state index < -0.39 is 24.0 Å². The van der Waals surface area contributed by atoms with E-state index in [0.717, 1.165) is 12.8 Å². The summed E-state index contributed by atoms with van der Waals surface area (Å²) in [5, 5.41) is 3.62. The fourth-order valence-electron chi connectivity index (χ4n) is 2.50. The maximum Gasteiger partial charge on any atom is 0.397 e. The monoisotopic (exact) mass is 263 g/mol. The molecule has 2 N–H and O–H groups in total. The number of rotatable bonds is 2. The summed E-state index contributed by atoms with van der Waals surface area (Å²) in [4.78, 5) is 3.80. The summed E-state index contributed by atoms with van der Waals surface area (Å²) in [7, 11) is 0. The van der Waals surface area contributed by atoms with Crippen LogP contribution in [-0.2, 0) is 12.0 Å². The van der Waals surface area contributed by atoms with Gasteiger partial charge in [0.1, 0.15) is 6.42 Å². The highest BCUT2D eigenvalue weighted by molar-refractivity contribution is 5.06. The molecule has 18 heavy (non-hydrogen) atoms. The van der Waals surface area contributed by atoms with E-state index in [9.17, 15) is 13.2 Å². The van der Waals surface area contributed by atoms with E-state index in [1.54, 1.807) is 0 Å². The minimum atomic E-state index is -4.34. The van der Waals surface area contributed by atoms with Gasteiger partial charge in [-0.2, -0.15) is 18.2 Å². The van der Waals surface area contributed by atoms with Crippen LogP contribution >= 0.6 is 0 Å². The van der Waals surface area contributed by atoms with Crippen LogP contribution in [0.25, 0.3) is 0 Å². The molecular formula is C11H16F3N3O. The smallest absolute Gasteiger partial charge is 0.339 e. The van der Waals surface area contributed by atoms with Crippen LogP contribution in [0.1, 0.15) is 44.3 Å². The molecule has 0 aromatic carbocycles. The fraction of sp³-hybridized carbons (Fsp3) is 0.818. The van der Waals surface area contributed by atoms with E-state index in [0.29, 0.717) is 18.8 Å². The highest BCUT2D eigenvalue weighted by Crippen LogP contribution is 2.36. The lowest BCUT2D eigenvalue weighted by Gasteiger charge is -2.33. The van der Waals surface area contributed by atoms with E-state index in [1.807, 2.05) is 0 Å². The molecule has 0 radical (unpaired) electrons. The van der Waals surface area contributed by atoms with Gasteiger partial charge in [-0.15, -0.1) is 0 Å². The molecule has 1 aliphatic rings. The number of hydrogen-bond donors (Lipinski definition) is 1. The standard InChI is InChI=1S/C11H16F3N3O/c1-7-3-2-4-10(15,5-7)9-16-8(18-17-9)6-11(12,13)14/h7H,2-6,15H2,1H3. The van der Waals surface area contributed by atoms with Gasteiger partial charge in [0.25, 0.3) is 0 Å². The van der Waals surface area contributed by atoms with E-state index in [1.165, 1.54) is 0 Å². The average Bonchev–Trinajstić information content (AvgIpc) is 2.63. The Labute approximate surface area is 103 Å². The minimum absolute atomic E-state index is 0.202. The van der Waals surface area contributed by atoms with Crippen LogP contribution in [0.5, 0.6) is 0 Å². The molecule has 1 aromatic heterocycles. The zero-order chi connectivity index (χ0) is 13.4. The SMILES string of the molecule is CC1CCCC(N)(c2noc(CC(F)(F)F)n2)C1. The van der Waals surface area contributed by atoms with Crippen molar-refractivity contribution in [3.63, 3.8) is 0 Å². The Morgan fingerprint density at radius 2 is 2.22 bits per heavy atom. The number of aromatic nitrogens is 2. The van der Waals surface area contributed by atoms with Gasteiger partial charge in [0.2, 0.25) is 5.89 Å². The first kappa shape index (κ1) is 13.3. The third-order valence-electron chi connectivity index (χ3n) is 3.30. The summed E-state index contributed by atoms with van der Waals surface area (Å²) < 4.78 is 41.2. The second-order valence-electron chi connectivity index (χ2n) is 5.16. The van der Waals surface area contributed by atoms with E-state index in [-0.39, 0.29) is 5.82 Å². The first-order chi connectivity index (χ1) is 8.28. The third-order valence-corrected chi connectivity index (χ3v) is 3.30. The van der Waals surface area contributed by atoms with Gasteiger partial charge in [-0.1, -0.05) is 24.9 Å². The zero-order valence-electron chi connectivity index (χ0n) is 10.1. The number of halogens is 3. The third kappa shape index (κ3) is 3.01. The summed E-state index contributed by atoms with van der Waals surface area (Å²) in [6, 6.07) is 0. The second kappa shape index (κ2) is 4.53. The molecule has 102 valence electrons. The molecule has 1 heterocycles. The molecule has 7 heteroatoms. The summed E-state index contributed by atoms with van der Waals surface area (Å²) in [6.45, 7) is 2.07. The first-order valence-electron chi connectivity index (χ1n) is 5.97. The Hall–Kier alpha value is -1.11. The van der Waals surface area contributed by atoms with Gasteiger partial charge < -0.3 is 10.3 Å². The van der Waals surface area contributed by atoms with Crippen LogP contribution in [0, 0.1) is 5.92 Å². The average molecular weight is 263 g/mol. The van der Waals surface area contributed by atoms with Gasteiger partial charge >= 0.3 is 6.18 Å². The van der Waals surface area contributed by atoms with Crippen LogP contribution in [0.3, 0.4) is 0 Å². The molecule has 1 aliphatic carbocycles. The molecule has 4 nitrogen and oxygen atoms in total. The lowest BCUT2D eigenvalue weighted by Crippen LogP contribution is -2.42. The van der Waals surface area contributed by atoms with E-state index in [2.05, 4.69) is 21.6 Å². The lowest BCUT2D eigenvalue weighted by atomic mass is 9.76. The molecule has 1 fully saturated rings. The van der Waals surface area contributed by atoms with Crippen molar-refractivity contribution in [2.75, 3.05) is 0 Å². The highest BCUT2D eigenvalue weighted by Gasteiger charge is 2.38. The first-order valence-corrected chi connectivity index (χ1v) is 5.97. The molecule has 1 saturated carbocycles. The highest BCUT2D eigenvalue weighted by atomic mass is 19.4. The number of nitrogens with two attached hydrogens (primary N) is 1. The van der Waals surface area contributed by atoms with E-state index in [4.69, 9.17) is 5.73 Å². The maximum atomic E-state index is 12.2. The van der Waals surface area contributed by atoms with E-state index >= 15 is 0 Å². The summed E-state index contributed by atoms with van der Waals surface area (Å²) in [6.07, 6.45) is -2.18. The van der Waals surface area contributed by atoms with Gasteiger partial charge in [-0.3, -0.25) is 0 Å². The van der Waals surface area contributed by atoms with Crippen molar-refractivity contribution < 1.29 is 17.7 Å². The van der Waals surface area contributed by atoms with Gasteiger partial charge in [-0.25, -0.2) is 0 Å². The quantitative estimate of drug-likeness (QED) is 0.890. The molecule has 0 spiro atoms. The number of hydrogen-bond acceptors (Lipinski definition) is 4. The van der Waals surface area contributed by atoms with Gasteiger partial charge in [0.15, 0.2) is 5.82 Å². The number of alkyl halides is 3. The summed E-state index contributed by atoms with van der Waals surface area (Å²) in [5.41, 5.74) is 5.44. The lowest BCUT2D eigenvalue weighted by molar-refractivity contribution is -0.131. The Morgan fingerprint density at radius 3 is 2.83 bits per heavy atom. The molecule has 1 aromatic rings. The Morgan fingerprint density at radius 1 is 1.50 bits per heavy atom. The maximum absolute atomic E-state index is 12.2. The fourth-order valence-corrected chi connectivity index (χ4v) is 2.50. The molecule has 2 rings (SSSR count). The molecule has 0 aliphatic heterocycles. The Balaban J connectivity index is 2.14. The van der Waals surface area contributed by atoms with Crippen molar-refractivity contribution in [1.29, 1.82) is 0 Å². The predicted molar refractivity (Wildman–Crippen MR) is 57.6 cm³/mol. The minimum Gasteiger partial charge on any atom is -0.339 e. The van der Waals surface area contributed by atoms with Crippen LogP contribution in [0.15, 0.2) is 4.52 Å². The van der Waals surface area contributed by atoms with Crippen LogP contribution in [-0.4, -0.2) is 16.3 Å².